The summed E-state index contributed by atoms with van der Waals surface area (Å²) in [6, 6.07) is 0.649. The van der Waals surface area contributed by atoms with Crippen LogP contribution in [0.15, 0.2) is 5.38 Å². The third kappa shape index (κ3) is 4.15. The van der Waals surface area contributed by atoms with Crippen molar-refractivity contribution in [3.8, 4) is 0 Å². The fourth-order valence-electron chi connectivity index (χ4n) is 2.47. The van der Waals surface area contributed by atoms with E-state index in [1.54, 1.807) is 18.4 Å². The maximum Gasteiger partial charge on any atom is 0.185 e. The van der Waals surface area contributed by atoms with Gasteiger partial charge in [-0.05, 0) is 13.5 Å². The normalized spacial score (nSPS) is 20.6. The van der Waals surface area contributed by atoms with Crippen LogP contribution >= 0.6 is 11.3 Å². The maximum atomic E-state index is 5.02. The molecule has 1 atom stereocenters. The van der Waals surface area contributed by atoms with Crippen LogP contribution in [-0.2, 0) is 11.3 Å². The molecule has 1 aliphatic rings. The molecule has 1 fully saturated rings. The maximum absolute atomic E-state index is 5.02. The largest absolute Gasteiger partial charge is 0.383 e. The van der Waals surface area contributed by atoms with E-state index in [4.69, 9.17) is 9.72 Å². The van der Waals surface area contributed by atoms with Crippen molar-refractivity contribution >= 4 is 16.5 Å². The summed E-state index contributed by atoms with van der Waals surface area (Å²) in [4.78, 5) is 9.63. The smallest absolute Gasteiger partial charge is 0.185 e. The van der Waals surface area contributed by atoms with Crippen molar-refractivity contribution in [3.63, 3.8) is 0 Å². The average molecular weight is 298 g/mol. The Morgan fingerprint density at radius 3 is 3.10 bits per heavy atom. The lowest BCUT2D eigenvalue weighted by atomic mass is 10.1. The molecule has 1 aromatic heterocycles. The minimum atomic E-state index is 0.649. The number of methoxy groups -OCH3 is 1. The van der Waals surface area contributed by atoms with E-state index in [1.165, 1.54) is 11.6 Å². The zero-order chi connectivity index (χ0) is 14.4. The highest BCUT2D eigenvalue weighted by atomic mass is 32.1. The molecule has 0 saturated carbocycles. The first-order valence-electron chi connectivity index (χ1n) is 7.33. The Labute approximate surface area is 125 Å². The van der Waals surface area contributed by atoms with Crippen LogP contribution in [0, 0.1) is 0 Å². The van der Waals surface area contributed by atoms with E-state index in [1.807, 2.05) is 0 Å². The van der Waals surface area contributed by atoms with Crippen LogP contribution in [0.2, 0.25) is 0 Å². The summed E-state index contributed by atoms with van der Waals surface area (Å²) in [7, 11) is 3.94. The van der Waals surface area contributed by atoms with Gasteiger partial charge in [0.15, 0.2) is 5.13 Å². The van der Waals surface area contributed by atoms with Gasteiger partial charge in [0.2, 0.25) is 0 Å². The third-order valence-corrected chi connectivity index (χ3v) is 4.80. The van der Waals surface area contributed by atoms with Gasteiger partial charge in [-0.2, -0.15) is 0 Å². The van der Waals surface area contributed by atoms with E-state index in [0.717, 1.165) is 45.0 Å². The van der Waals surface area contributed by atoms with Gasteiger partial charge >= 0.3 is 0 Å². The Bertz CT molecular complexity index is 398. The summed E-state index contributed by atoms with van der Waals surface area (Å²) in [5.41, 5.74) is 1.13. The first-order chi connectivity index (χ1) is 9.74. The SMILES string of the molecule is CCC1CN(c2nc(CNCCOC)cs2)CCN1C. The summed E-state index contributed by atoms with van der Waals surface area (Å²) in [5, 5.41) is 6.67. The average Bonchev–Trinajstić information content (AvgIpc) is 2.93. The Balaban J connectivity index is 1.85. The topological polar surface area (TPSA) is 40.6 Å². The lowest BCUT2D eigenvalue weighted by Crippen LogP contribution is -2.51. The van der Waals surface area contributed by atoms with Crippen LogP contribution in [0.3, 0.4) is 0 Å². The molecule has 0 amide bonds. The van der Waals surface area contributed by atoms with E-state index < -0.39 is 0 Å². The number of hydrogen-bond donors (Lipinski definition) is 1. The molecule has 1 aromatic rings. The number of nitrogens with one attached hydrogen (secondary N) is 1. The van der Waals surface area contributed by atoms with Gasteiger partial charge in [0.05, 0.1) is 12.3 Å². The number of rotatable bonds is 7. The predicted molar refractivity (Wildman–Crippen MR) is 84.6 cm³/mol. The second-order valence-corrected chi connectivity index (χ2v) is 6.12. The minimum absolute atomic E-state index is 0.649. The fourth-order valence-corrected chi connectivity index (χ4v) is 3.34. The second kappa shape index (κ2) is 7.93. The molecule has 0 aromatic carbocycles. The zero-order valence-electron chi connectivity index (χ0n) is 12.8. The first-order valence-corrected chi connectivity index (χ1v) is 8.21. The highest BCUT2D eigenvalue weighted by molar-refractivity contribution is 7.13. The molecule has 1 N–H and O–H groups in total. The van der Waals surface area contributed by atoms with Gasteiger partial charge in [-0.15, -0.1) is 11.3 Å². The number of thiazole rings is 1. The summed E-state index contributed by atoms with van der Waals surface area (Å²) in [6.45, 7) is 8.00. The number of piperazine rings is 1. The lowest BCUT2D eigenvalue weighted by Gasteiger charge is -2.39. The molecule has 1 unspecified atom stereocenters. The molecule has 0 bridgehead atoms. The Morgan fingerprint density at radius 1 is 1.50 bits per heavy atom. The molecule has 0 spiro atoms. The Kier molecular flexibility index (Phi) is 6.22. The number of hydrogen-bond acceptors (Lipinski definition) is 6. The molecule has 0 aliphatic carbocycles. The highest BCUT2D eigenvalue weighted by Gasteiger charge is 2.24. The van der Waals surface area contributed by atoms with Gasteiger partial charge in [0.25, 0.3) is 0 Å². The van der Waals surface area contributed by atoms with Gasteiger partial charge in [0, 0.05) is 51.3 Å². The molecular weight excluding hydrogens is 272 g/mol. The van der Waals surface area contributed by atoms with Gasteiger partial charge in [-0.1, -0.05) is 6.92 Å². The monoisotopic (exact) mass is 298 g/mol. The molecule has 6 heteroatoms. The third-order valence-electron chi connectivity index (χ3n) is 3.85. The highest BCUT2D eigenvalue weighted by Crippen LogP contribution is 2.23. The van der Waals surface area contributed by atoms with E-state index in [-0.39, 0.29) is 0 Å². The van der Waals surface area contributed by atoms with Gasteiger partial charge in [-0.25, -0.2) is 4.98 Å². The zero-order valence-corrected chi connectivity index (χ0v) is 13.6. The number of likely N-dealkylation sites (N-methyl/N-ethyl adjacent to an activating group) is 1. The van der Waals surface area contributed by atoms with E-state index in [9.17, 15) is 0 Å². The molecule has 1 saturated heterocycles. The van der Waals surface area contributed by atoms with E-state index >= 15 is 0 Å². The number of ether oxygens (including phenoxy) is 1. The molecule has 2 heterocycles. The molecule has 2 rings (SSSR count). The molecule has 5 nitrogen and oxygen atoms in total. The first kappa shape index (κ1) is 15.7. The molecule has 20 heavy (non-hydrogen) atoms. The van der Waals surface area contributed by atoms with Crippen molar-refractivity contribution in [1.82, 2.24) is 15.2 Å². The number of nitrogens with zero attached hydrogens (tertiary/aromatic N) is 3. The Hall–Kier alpha value is -0.690. The summed E-state index contributed by atoms with van der Waals surface area (Å²) in [6.07, 6.45) is 1.20. The van der Waals surface area contributed by atoms with E-state index in [2.05, 4.69) is 34.5 Å². The van der Waals surface area contributed by atoms with Gasteiger partial charge in [-0.3, -0.25) is 4.90 Å². The minimum Gasteiger partial charge on any atom is -0.383 e. The van der Waals surface area contributed by atoms with Crippen molar-refractivity contribution in [2.24, 2.45) is 0 Å². The number of aromatic nitrogens is 1. The van der Waals surface area contributed by atoms with Crippen molar-refractivity contribution in [2.75, 3.05) is 51.8 Å². The van der Waals surface area contributed by atoms with E-state index in [0.29, 0.717) is 6.04 Å². The summed E-state index contributed by atoms with van der Waals surface area (Å²) in [5.74, 6) is 0. The summed E-state index contributed by atoms with van der Waals surface area (Å²) >= 11 is 1.76. The Morgan fingerprint density at radius 2 is 2.35 bits per heavy atom. The molecular formula is C14H26N4OS. The molecule has 0 radical (unpaired) electrons. The predicted octanol–water partition coefficient (Wildman–Crippen LogP) is 1.41. The van der Waals surface area contributed by atoms with Crippen LogP contribution in [0.1, 0.15) is 19.0 Å². The second-order valence-electron chi connectivity index (χ2n) is 5.28. The van der Waals surface area contributed by atoms with Crippen LogP contribution < -0.4 is 10.2 Å². The van der Waals surface area contributed by atoms with Crippen LogP contribution in [0.5, 0.6) is 0 Å². The lowest BCUT2D eigenvalue weighted by molar-refractivity contribution is 0.199. The van der Waals surface area contributed by atoms with Crippen molar-refractivity contribution < 1.29 is 4.74 Å². The van der Waals surface area contributed by atoms with Crippen molar-refractivity contribution in [2.45, 2.75) is 25.9 Å². The van der Waals surface area contributed by atoms with Gasteiger partial charge < -0.3 is 15.0 Å². The van der Waals surface area contributed by atoms with Crippen LogP contribution in [0.25, 0.3) is 0 Å². The van der Waals surface area contributed by atoms with Crippen molar-refractivity contribution in [3.05, 3.63) is 11.1 Å². The van der Waals surface area contributed by atoms with Crippen LogP contribution in [-0.4, -0.2) is 62.9 Å². The summed E-state index contributed by atoms with van der Waals surface area (Å²) < 4.78 is 5.02. The quantitative estimate of drug-likeness (QED) is 0.771. The number of anilines is 1. The molecule has 1 aliphatic heterocycles. The van der Waals surface area contributed by atoms with Gasteiger partial charge in [0.1, 0.15) is 0 Å². The molecule has 114 valence electrons. The van der Waals surface area contributed by atoms with Crippen molar-refractivity contribution in [1.29, 1.82) is 0 Å². The standard InChI is InChI=1S/C14H26N4OS/c1-4-13-10-18(7-6-17(13)2)14-16-12(11-20-14)9-15-5-8-19-3/h11,13,15H,4-10H2,1-3H3. The van der Waals surface area contributed by atoms with Crippen LogP contribution in [0.4, 0.5) is 5.13 Å². The fraction of sp³-hybridized carbons (Fsp3) is 0.786.